The van der Waals surface area contributed by atoms with Gasteiger partial charge in [0, 0.05) is 61.8 Å². The van der Waals surface area contributed by atoms with Crippen LogP contribution in [-0.4, -0.2) is 79.4 Å². The van der Waals surface area contributed by atoms with Gasteiger partial charge in [-0.3, -0.25) is 19.7 Å². The standard InChI is InChI=1S/C35H46N6O3/c36-27-2-5-28(6-3-27)40-21-14-35(15-22-40)12-19-38(20-13-35)16-9-25-10-17-39(18-11-25)29-4-1-26-24-41(34(44)30(26)23-29)31-7-8-32(42)37-33(31)43/h1-6,23,25,31H,7-22,24,36H2,(H,37,42,43). The van der Waals surface area contributed by atoms with E-state index in [9.17, 15) is 14.4 Å². The van der Waals surface area contributed by atoms with E-state index in [4.69, 9.17) is 5.73 Å². The van der Waals surface area contributed by atoms with Crippen molar-refractivity contribution >= 4 is 34.8 Å². The molecule has 5 aliphatic heterocycles. The third kappa shape index (κ3) is 5.91. The second-order valence-electron chi connectivity index (χ2n) is 13.9. The Bertz CT molecular complexity index is 1380. The normalized spacial score (nSPS) is 24.6. The van der Waals surface area contributed by atoms with Crippen LogP contribution < -0.4 is 20.9 Å². The van der Waals surface area contributed by atoms with E-state index in [1.54, 1.807) is 4.90 Å². The third-order valence-electron chi connectivity index (χ3n) is 11.3. The molecule has 2 aromatic carbocycles. The van der Waals surface area contributed by atoms with Crippen LogP contribution in [0.2, 0.25) is 0 Å². The number of nitrogens with one attached hydrogen (secondary N) is 1. The largest absolute Gasteiger partial charge is 0.399 e. The van der Waals surface area contributed by atoms with Crippen LogP contribution >= 0.6 is 0 Å². The van der Waals surface area contributed by atoms with Gasteiger partial charge in [-0.05, 0) is 124 Å². The van der Waals surface area contributed by atoms with Crippen molar-refractivity contribution in [3.05, 3.63) is 53.6 Å². The maximum atomic E-state index is 13.3. The first kappa shape index (κ1) is 29.1. The molecule has 1 spiro atoms. The average Bonchev–Trinajstić information content (AvgIpc) is 3.37. The molecule has 0 radical (unpaired) electrons. The van der Waals surface area contributed by atoms with Gasteiger partial charge in [0.25, 0.3) is 5.91 Å². The molecule has 4 saturated heterocycles. The van der Waals surface area contributed by atoms with Crippen LogP contribution in [0.1, 0.15) is 73.7 Å². The van der Waals surface area contributed by atoms with Gasteiger partial charge in [-0.15, -0.1) is 0 Å². The molecule has 7 rings (SSSR count). The predicted molar refractivity (Wildman–Crippen MR) is 172 cm³/mol. The van der Waals surface area contributed by atoms with Gasteiger partial charge in [-0.1, -0.05) is 6.07 Å². The highest BCUT2D eigenvalue weighted by atomic mass is 16.2. The zero-order valence-corrected chi connectivity index (χ0v) is 25.8. The van der Waals surface area contributed by atoms with Gasteiger partial charge in [-0.2, -0.15) is 0 Å². The maximum Gasteiger partial charge on any atom is 0.255 e. The number of carbonyl (C=O) groups is 3. The van der Waals surface area contributed by atoms with E-state index in [0.29, 0.717) is 23.9 Å². The lowest BCUT2D eigenvalue weighted by molar-refractivity contribution is -0.136. The summed E-state index contributed by atoms with van der Waals surface area (Å²) in [6.07, 6.45) is 9.58. The molecule has 1 unspecified atom stereocenters. The minimum atomic E-state index is -0.564. The van der Waals surface area contributed by atoms with Crippen LogP contribution in [0, 0.1) is 11.3 Å². The van der Waals surface area contributed by atoms with Crippen LogP contribution in [0.5, 0.6) is 0 Å². The Hall–Kier alpha value is -3.59. The number of imide groups is 1. The topological polar surface area (TPSA) is 102 Å². The number of nitrogens with zero attached hydrogens (tertiary/aromatic N) is 4. The van der Waals surface area contributed by atoms with Crippen molar-refractivity contribution in [2.75, 3.05) is 61.3 Å². The quantitative estimate of drug-likeness (QED) is 0.383. The van der Waals surface area contributed by atoms with E-state index in [1.807, 2.05) is 24.3 Å². The Labute approximate surface area is 260 Å². The van der Waals surface area contributed by atoms with Gasteiger partial charge in [0.2, 0.25) is 11.8 Å². The van der Waals surface area contributed by atoms with Crippen molar-refractivity contribution in [2.24, 2.45) is 11.3 Å². The van der Waals surface area contributed by atoms with Crippen molar-refractivity contribution in [3.8, 4) is 0 Å². The first-order valence-electron chi connectivity index (χ1n) is 16.7. The summed E-state index contributed by atoms with van der Waals surface area (Å²) < 4.78 is 0. The van der Waals surface area contributed by atoms with E-state index >= 15 is 0 Å². The number of hydrogen-bond acceptors (Lipinski definition) is 7. The number of nitrogen functional groups attached to an aromatic ring is 1. The Kier molecular flexibility index (Phi) is 7.99. The molecule has 1 atom stereocenters. The van der Waals surface area contributed by atoms with Crippen molar-refractivity contribution < 1.29 is 14.4 Å². The molecule has 5 heterocycles. The van der Waals surface area contributed by atoms with Crippen LogP contribution in [0.3, 0.4) is 0 Å². The molecule has 4 fully saturated rings. The van der Waals surface area contributed by atoms with Gasteiger partial charge in [0.05, 0.1) is 0 Å². The molecule has 0 aliphatic carbocycles. The van der Waals surface area contributed by atoms with E-state index in [0.717, 1.165) is 49.0 Å². The second-order valence-corrected chi connectivity index (χ2v) is 13.9. The summed E-state index contributed by atoms with van der Waals surface area (Å²) in [4.78, 5) is 46.5. The number of likely N-dealkylation sites (tertiary alicyclic amines) is 1. The lowest BCUT2D eigenvalue weighted by Crippen LogP contribution is -2.52. The van der Waals surface area contributed by atoms with Gasteiger partial charge in [0.15, 0.2) is 0 Å². The number of hydrogen-bond donors (Lipinski definition) is 2. The lowest BCUT2D eigenvalue weighted by Gasteiger charge is -2.47. The van der Waals surface area contributed by atoms with Crippen molar-refractivity contribution in [3.63, 3.8) is 0 Å². The molecular formula is C35H46N6O3. The zero-order valence-electron chi connectivity index (χ0n) is 25.8. The summed E-state index contributed by atoms with van der Waals surface area (Å²) in [6, 6.07) is 14.0. The molecule has 0 bridgehead atoms. The summed E-state index contributed by atoms with van der Waals surface area (Å²) in [5.41, 5.74) is 11.3. The fourth-order valence-electron chi connectivity index (χ4n) is 8.26. The summed E-state index contributed by atoms with van der Waals surface area (Å²) in [6.45, 7) is 8.45. The number of anilines is 3. The van der Waals surface area contributed by atoms with Crippen LogP contribution in [0.4, 0.5) is 17.1 Å². The molecule has 234 valence electrons. The summed E-state index contributed by atoms with van der Waals surface area (Å²) in [5, 5.41) is 2.39. The second kappa shape index (κ2) is 12.1. The van der Waals surface area contributed by atoms with Gasteiger partial charge < -0.3 is 25.3 Å². The fraction of sp³-hybridized carbons (Fsp3) is 0.571. The fourth-order valence-corrected chi connectivity index (χ4v) is 8.26. The Morgan fingerprint density at radius 1 is 0.795 bits per heavy atom. The minimum Gasteiger partial charge on any atom is -0.399 e. The van der Waals surface area contributed by atoms with Crippen LogP contribution in [0.15, 0.2) is 42.5 Å². The number of benzene rings is 2. The number of nitrogens with two attached hydrogens (primary N) is 1. The Morgan fingerprint density at radius 3 is 2.16 bits per heavy atom. The highest BCUT2D eigenvalue weighted by Crippen LogP contribution is 2.42. The number of rotatable bonds is 6. The molecule has 9 nitrogen and oxygen atoms in total. The molecule has 9 heteroatoms. The van der Waals surface area contributed by atoms with Crippen molar-refractivity contribution in [2.45, 2.75) is 70.4 Å². The Balaban J connectivity index is 0.846. The van der Waals surface area contributed by atoms with Crippen molar-refractivity contribution in [1.82, 2.24) is 15.1 Å². The molecule has 3 N–H and O–H groups in total. The van der Waals surface area contributed by atoms with Gasteiger partial charge in [-0.25, -0.2) is 0 Å². The predicted octanol–water partition coefficient (Wildman–Crippen LogP) is 4.02. The molecule has 44 heavy (non-hydrogen) atoms. The highest BCUT2D eigenvalue weighted by molar-refractivity contribution is 6.05. The van der Waals surface area contributed by atoms with E-state index in [1.165, 1.54) is 70.3 Å². The number of piperidine rings is 4. The summed E-state index contributed by atoms with van der Waals surface area (Å²) >= 11 is 0. The van der Waals surface area contributed by atoms with Crippen LogP contribution in [-0.2, 0) is 16.1 Å². The highest BCUT2D eigenvalue weighted by Gasteiger charge is 2.40. The monoisotopic (exact) mass is 598 g/mol. The minimum absolute atomic E-state index is 0.0955. The molecule has 0 saturated carbocycles. The van der Waals surface area contributed by atoms with Crippen molar-refractivity contribution in [1.29, 1.82) is 0 Å². The lowest BCUT2D eigenvalue weighted by atomic mass is 9.71. The van der Waals surface area contributed by atoms with Gasteiger partial charge in [0.1, 0.15) is 6.04 Å². The van der Waals surface area contributed by atoms with Crippen LogP contribution in [0.25, 0.3) is 0 Å². The smallest absolute Gasteiger partial charge is 0.255 e. The molecule has 5 aliphatic rings. The summed E-state index contributed by atoms with van der Waals surface area (Å²) in [5.74, 6) is 0.0451. The molecule has 3 amide bonds. The van der Waals surface area contributed by atoms with E-state index in [2.05, 4.69) is 38.2 Å². The Morgan fingerprint density at radius 2 is 1.45 bits per heavy atom. The SMILES string of the molecule is Nc1ccc(N2CCC3(CCN(CCC4CCN(c5ccc6c(c5)C(=O)N(C5CCC(=O)NC5=O)C6)CC4)CC3)CC2)cc1. The number of carbonyl (C=O) groups excluding carboxylic acids is 3. The maximum absolute atomic E-state index is 13.3. The van der Waals surface area contributed by atoms with Gasteiger partial charge >= 0.3 is 0 Å². The first-order chi connectivity index (χ1) is 21.4. The number of amides is 3. The third-order valence-corrected chi connectivity index (χ3v) is 11.3. The van der Waals surface area contributed by atoms with E-state index in [-0.39, 0.29) is 24.1 Å². The molecule has 0 aromatic heterocycles. The number of fused-ring (bicyclic) bond motifs is 1. The average molecular weight is 599 g/mol. The summed E-state index contributed by atoms with van der Waals surface area (Å²) in [7, 11) is 0. The zero-order chi connectivity index (χ0) is 30.3. The van der Waals surface area contributed by atoms with E-state index < -0.39 is 6.04 Å². The molecule has 2 aromatic rings. The molecular weight excluding hydrogens is 552 g/mol. The first-order valence-corrected chi connectivity index (χ1v) is 16.7.